The van der Waals surface area contributed by atoms with E-state index < -0.39 is 11.6 Å². The molecule has 4 nitrogen and oxygen atoms in total. The number of pyridine rings is 1. The number of hydrogen-bond donors (Lipinski definition) is 0. The van der Waals surface area contributed by atoms with Gasteiger partial charge in [0.15, 0.2) is 11.6 Å². The fourth-order valence-electron chi connectivity index (χ4n) is 1.76. The number of ketones is 2. The van der Waals surface area contributed by atoms with Crippen molar-refractivity contribution >= 4 is 17.8 Å². The Kier molecular flexibility index (Phi) is 4.28. The van der Waals surface area contributed by atoms with Gasteiger partial charge < -0.3 is 0 Å². The fourth-order valence-corrected chi connectivity index (χ4v) is 1.76. The van der Waals surface area contributed by atoms with Crippen molar-refractivity contribution in [1.29, 1.82) is 0 Å². The van der Waals surface area contributed by atoms with Crippen LogP contribution in [0.3, 0.4) is 0 Å². The van der Waals surface area contributed by atoms with E-state index in [-0.39, 0.29) is 30.7 Å². The van der Waals surface area contributed by atoms with E-state index in [0.29, 0.717) is 12.1 Å². The van der Waals surface area contributed by atoms with Crippen molar-refractivity contribution in [1.82, 2.24) is 4.98 Å². The minimum absolute atomic E-state index is 0.0160. The predicted molar refractivity (Wildman–Crippen MR) is 68.7 cm³/mol. The zero-order valence-corrected chi connectivity index (χ0v) is 10.3. The van der Waals surface area contributed by atoms with Gasteiger partial charge in [0.1, 0.15) is 17.2 Å². The second kappa shape index (κ2) is 6.13. The molecule has 1 aliphatic rings. The lowest BCUT2D eigenvalue weighted by molar-refractivity contribution is -0.115. The summed E-state index contributed by atoms with van der Waals surface area (Å²) in [4.78, 5) is 31.2. The predicted octanol–water partition coefficient (Wildman–Crippen LogP) is 2.66. The standard InChI is InChI=1S/C14H13FN2O2/c15-10-4-3-9-17-14(10)13(19)7-6-12(18)11-5-1-2-8-16-11/h1-2,5,8-9H,3-4,6-7H2. The molecule has 0 aliphatic carbocycles. The smallest absolute Gasteiger partial charge is 0.184 e. The number of aromatic nitrogens is 1. The topological polar surface area (TPSA) is 59.4 Å². The summed E-state index contributed by atoms with van der Waals surface area (Å²) in [6.45, 7) is 0. The maximum absolute atomic E-state index is 13.4. The molecule has 0 amide bonds. The average molecular weight is 260 g/mol. The molecule has 0 atom stereocenters. The number of rotatable bonds is 5. The van der Waals surface area contributed by atoms with Gasteiger partial charge >= 0.3 is 0 Å². The van der Waals surface area contributed by atoms with Crippen molar-refractivity contribution < 1.29 is 14.0 Å². The van der Waals surface area contributed by atoms with Crippen molar-refractivity contribution in [3.8, 4) is 0 Å². The molecule has 0 saturated carbocycles. The van der Waals surface area contributed by atoms with E-state index in [1.807, 2.05) is 0 Å². The Bertz CT molecular complexity index is 550. The van der Waals surface area contributed by atoms with Crippen LogP contribution in [0.2, 0.25) is 0 Å². The quantitative estimate of drug-likeness (QED) is 0.765. The number of Topliss-reactive ketones (excluding diaryl/α,β-unsaturated/α-hetero) is 2. The van der Waals surface area contributed by atoms with Crippen LogP contribution in [0.5, 0.6) is 0 Å². The first kappa shape index (κ1) is 13.3. The molecule has 1 aromatic heterocycles. The van der Waals surface area contributed by atoms with Gasteiger partial charge in [-0.2, -0.15) is 0 Å². The summed E-state index contributed by atoms with van der Waals surface area (Å²) in [5.41, 5.74) is 0.178. The molecule has 0 saturated heterocycles. The van der Waals surface area contributed by atoms with E-state index >= 15 is 0 Å². The van der Waals surface area contributed by atoms with E-state index in [1.54, 1.807) is 18.2 Å². The Hall–Kier alpha value is -2.17. The third-order valence-electron chi connectivity index (χ3n) is 2.76. The lowest BCUT2D eigenvalue weighted by Gasteiger charge is -2.07. The van der Waals surface area contributed by atoms with E-state index in [2.05, 4.69) is 9.98 Å². The molecule has 0 aromatic carbocycles. The lowest BCUT2D eigenvalue weighted by Crippen LogP contribution is -2.10. The lowest BCUT2D eigenvalue weighted by atomic mass is 10.1. The van der Waals surface area contributed by atoms with Crippen molar-refractivity contribution in [3.05, 3.63) is 41.6 Å². The summed E-state index contributed by atoms with van der Waals surface area (Å²) < 4.78 is 13.4. The average Bonchev–Trinajstić information content (AvgIpc) is 2.46. The molecule has 19 heavy (non-hydrogen) atoms. The van der Waals surface area contributed by atoms with E-state index in [0.717, 1.165) is 0 Å². The summed E-state index contributed by atoms with van der Waals surface area (Å²) in [5.74, 6) is -1.15. The van der Waals surface area contributed by atoms with Crippen LogP contribution in [0, 0.1) is 0 Å². The van der Waals surface area contributed by atoms with E-state index in [9.17, 15) is 14.0 Å². The van der Waals surface area contributed by atoms with Gasteiger partial charge in [0.05, 0.1) is 0 Å². The van der Waals surface area contributed by atoms with Gasteiger partial charge in [0, 0.05) is 31.7 Å². The van der Waals surface area contributed by atoms with Crippen molar-refractivity contribution in [2.75, 3.05) is 0 Å². The Morgan fingerprint density at radius 3 is 2.68 bits per heavy atom. The zero-order valence-electron chi connectivity index (χ0n) is 10.3. The SMILES string of the molecule is O=C(CCC(=O)c1ccccn1)C1=C(F)CCC=N1. The summed E-state index contributed by atoms with van der Waals surface area (Å²) in [6, 6.07) is 5.00. The van der Waals surface area contributed by atoms with Gasteiger partial charge in [-0.1, -0.05) is 6.07 Å². The molecule has 2 heterocycles. The van der Waals surface area contributed by atoms with Gasteiger partial charge in [-0.15, -0.1) is 0 Å². The Morgan fingerprint density at radius 2 is 2.00 bits per heavy atom. The molecular formula is C14H13FN2O2. The summed E-state index contributed by atoms with van der Waals surface area (Å²) in [5, 5.41) is 0. The monoisotopic (exact) mass is 260 g/mol. The number of hydrogen-bond acceptors (Lipinski definition) is 4. The van der Waals surface area contributed by atoms with Gasteiger partial charge in [-0.05, 0) is 18.6 Å². The van der Waals surface area contributed by atoms with Crippen molar-refractivity contribution in [2.45, 2.75) is 25.7 Å². The summed E-state index contributed by atoms with van der Waals surface area (Å²) in [6.07, 6.45) is 3.73. The molecule has 2 rings (SSSR count). The van der Waals surface area contributed by atoms with Gasteiger partial charge in [0.2, 0.25) is 0 Å². The van der Waals surface area contributed by atoms with Crippen LogP contribution in [0.1, 0.15) is 36.2 Å². The number of allylic oxidation sites excluding steroid dienone is 2. The molecule has 0 fully saturated rings. The van der Waals surface area contributed by atoms with Crippen LogP contribution < -0.4 is 0 Å². The van der Waals surface area contributed by atoms with Crippen LogP contribution >= 0.6 is 0 Å². The molecule has 0 radical (unpaired) electrons. The first-order chi connectivity index (χ1) is 9.18. The highest BCUT2D eigenvalue weighted by Gasteiger charge is 2.18. The van der Waals surface area contributed by atoms with Gasteiger partial charge in [-0.25, -0.2) is 4.39 Å². The number of halogens is 1. The van der Waals surface area contributed by atoms with Crippen LogP contribution in [-0.4, -0.2) is 22.8 Å². The van der Waals surface area contributed by atoms with Crippen LogP contribution in [0.25, 0.3) is 0 Å². The first-order valence-corrected chi connectivity index (χ1v) is 6.07. The third-order valence-corrected chi connectivity index (χ3v) is 2.76. The molecule has 1 aromatic rings. The molecule has 1 aliphatic heterocycles. The normalized spacial score (nSPS) is 14.6. The zero-order chi connectivity index (χ0) is 13.7. The molecule has 98 valence electrons. The number of carbonyl (C=O) groups is 2. The second-order valence-corrected chi connectivity index (χ2v) is 4.17. The number of carbonyl (C=O) groups excluding carboxylic acids is 2. The Morgan fingerprint density at radius 1 is 1.21 bits per heavy atom. The highest BCUT2D eigenvalue weighted by molar-refractivity contribution is 6.01. The van der Waals surface area contributed by atoms with Crippen molar-refractivity contribution in [2.24, 2.45) is 4.99 Å². The minimum Gasteiger partial charge on any atom is -0.292 e. The maximum Gasteiger partial charge on any atom is 0.184 e. The molecule has 0 unspecified atom stereocenters. The van der Waals surface area contributed by atoms with Gasteiger partial charge in [-0.3, -0.25) is 19.6 Å². The van der Waals surface area contributed by atoms with Crippen LogP contribution in [0.4, 0.5) is 4.39 Å². The highest BCUT2D eigenvalue weighted by atomic mass is 19.1. The Balaban J connectivity index is 1.94. The third kappa shape index (κ3) is 3.40. The molecule has 0 N–H and O–H groups in total. The molecule has 0 bridgehead atoms. The fraction of sp³-hybridized carbons (Fsp3) is 0.286. The van der Waals surface area contributed by atoms with Gasteiger partial charge in [0.25, 0.3) is 0 Å². The maximum atomic E-state index is 13.4. The number of nitrogens with zero attached hydrogens (tertiary/aromatic N) is 2. The molecule has 0 spiro atoms. The Labute approximate surface area is 110 Å². The summed E-state index contributed by atoms with van der Waals surface area (Å²) in [7, 11) is 0. The van der Waals surface area contributed by atoms with E-state index in [1.165, 1.54) is 12.4 Å². The second-order valence-electron chi connectivity index (χ2n) is 4.17. The van der Waals surface area contributed by atoms with Crippen LogP contribution in [0.15, 0.2) is 40.9 Å². The van der Waals surface area contributed by atoms with E-state index in [4.69, 9.17) is 0 Å². The largest absolute Gasteiger partial charge is 0.292 e. The van der Waals surface area contributed by atoms with Crippen LogP contribution in [-0.2, 0) is 4.79 Å². The highest BCUT2D eigenvalue weighted by Crippen LogP contribution is 2.20. The van der Waals surface area contributed by atoms with Crippen molar-refractivity contribution in [3.63, 3.8) is 0 Å². The first-order valence-electron chi connectivity index (χ1n) is 6.07. The summed E-state index contributed by atoms with van der Waals surface area (Å²) >= 11 is 0. The molecular weight excluding hydrogens is 247 g/mol. The number of aliphatic imine (C=N–C) groups is 1. The molecule has 5 heteroatoms. The minimum atomic E-state index is -0.488.